The van der Waals surface area contributed by atoms with Crippen LogP contribution in [0.15, 0.2) is 12.1 Å². The molecule has 0 spiro atoms. The van der Waals surface area contributed by atoms with Crippen molar-refractivity contribution in [2.45, 2.75) is 32.2 Å². The Balaban J connectivity index is 1.83. The van der Waals surface area contributed by atoms with Gasteiger partial charge in [-0.3, -0.25) is 4.79 Å². The molecule has 5 nitrogen and oxygen atoms in total. The van der Waals surface area contributed by atoms with Gasteiger partial charge in [0.2, 0.25) is 10.0 Å². The zero-order valence-corrected chi connectivity index (χ0v) is 13.3. The molecule has 1 aromatic heterocycles. The summed E-state index contributed by atoms with van der Waals surface area (Å²) in [4.78, 5) is 13.7. The van der Waals surface area contributed by atoms with Crippen LogP contribution in [0.2, 0.25) is 0 Å². The number of rotatable bonds is 7. The molecule has 1 heterocycles. The SMILES string of the molecule is C[C@H](NC(=O)c1ccc(CCNS(C)(=O)=O)s1)C1CC1. The highest BCUT2D eigenvalue weighted by molar-refractivity contribution is 7.88. The Labute approximate surface area is 123 Å². The highest BCUT2D eigenvalue weighted by atomic mass is 32.2. The van der Waals surface area contributed by atoms with Crippen LogP contribution in [-0.4, -0.2) is 33.2 Å². The molecular formula is C13H20N2O3S2. The van der Waals surface area contributed by atoms with Crippen LogP contribution in [0.5, 0.6) is 0 Å². The van der Waals surface area contributed by atoms with Gasteiger partial charge >= 0.3 is 0 Å². The quantitative estimate of drug-likeness (QED) is 0.798. The van der Waals surface area contributed by atoms with E-state index in [4.69, 9.17) is 0 Å². The van der Waals surface area contributed by atoms with Gasteiger partial charge < -0.3 is 5.32 Å². The molecule has 2 rings (SSSR count). The molecule has 1 saturated carbocycles. The molecule has 0 radical (unpaired) electrons. The van der Waals surface area contributed by atoms with Gasteiger partial charge in [-0.2, -0.15) is 0 Å². The maximum Gasteiger partial charge on any atom is 0.261 e. The molecule has 1 atom stereocenters. The lowest BCUT2D eigenvalue weighted by atomic mass is 10.2. The minimum atomic E-state index is -3.15. The Hall–Kier alpha value is -0.920. The molecule has 2 N–H and O–H groups in total. The lowest BCUT2D eigenvalue weighted by Gasteiger charge is -2.11. The molecule has 0 aromatic carbocycles. The van der Waals surface area contributed by atoms with Gasteiger partial charge in [-0.15, -0.1) is 11.3 Å². The third-order valence-corrected chi connectivity index (χ3v) is 5.18. The van der Waals surface area contributed by atoms with Crippen molar-refractivity contribution in [3.05, 3.63) is 21.9 Å². The van der Waals surface area contributed by atoms with Crippen LogP contribution in [0.3, 0.4) is 0 Å². The third kappa shape index (κ3) is 4.88. The molecule has 0 unspecified atom stereocenters. The second-order valence-corrected chi connectivity index (χ2v) is 8.28. The second kappa shape index (κ2) is 6.24. The highest BCUT2D eigenvalue weighted by Crippen LogP contribution is 2.32. The number of nitrogens with one attached hydrogen (secondary N) is 2. The van der Waals surface area contributed by atoms with E-state index in [-0.39, 0.29) is 11.9 Å². The standard InChI is InChI=1S/C13H20N2O3S2/c1-9(10-3-4-10)15-13(16)12-6-5-11(19-12)7-8-14-20(2,17)18/h5-6,9-10,14H,3-4,7-8H2,1-2H3,(H,15,16)/t9-/m0/s1. The molecule has 112 valence electrons. The van der Waals surface area contributed by atoms with Gasteiger partial charge in [0.15, 0.2) is 0 Å². The zero-order valence-electron chi connectivity index (χ0n) is 11.7. The summed E-state index contributed by atoms with van der Waals surface area (Å²) in [5.74, 6) is 0.606. The molecule has 1 amide bonds. The van der Waals surface area contributed by atoms with Crippen molar-refractivity contribution in [2.75, 3.05) is 12.8 Å². The fraction of sp³-hybridized carbons (Fsp3) is 0.615. The van der Waals surface area contributed by atoms with Crippen LogP contribution in [0, 0.1) is 5.92 Å². The van der Waals surface area contributed by atoms with E-state index in [9.17, 15) is 13.2 Å². The maximum absolute atomic E-state index is 12.0. The third-order valence-electron chi connectivity index (χ3n) is 3.31. The predicted molar refractivity (Wildman–Crippen MR) is 80.5 cm³/mol. The van der Waals surface area contributed by atoms with E-state index < -0.39 is 10.0 Å². The molecule has 0 bridgehead atoms. The van der Waals surface area contributed by atoms with Gasteiger partial charge in [0.1, 0.15) is 0 Å². The first-order chi connectivity index (χ1) is 9.35. The Morgan fingerprint density at radius 1 is 1.45 bits per heavy atom. The number of amides is 1. The number of thiophene rings is 1. The van der Waals surface area contributed by atoms with Gasteiger partial charge in [-0.05, 0) is 44.2 Å². The lowest BCUT2D eigenvalue weighted by Crippen LogP contribution is -2.33. The number of sulfonamides is 1. The van der Waals surface area contributed by atoms with Gasteiger partial charge in [0.05, 0.1) is 11.1 Å². The zero-order chi connectivity index (χ0) is 14.8. The molecule has 1 fully saturated rings. The second-order valence-electron chi connectivity index (χ2n) is 5.28. The maximum atomic E-state index is 12.0. The van der Waals surface area contributed by atoms with E-state index in [2.05, 4.69) is 10.0 Å². The summed E-state index contributed by atoms with van der Waals surface area (Å²) in [7, 11) is -3.15. The fourth-order valence-corrected chi connectivity index (χ4v) is 3.37. The molecule has 0 aliphatic heterocycles. The summed E-state index contributed by atoms with van der Waals surface area (Å²) in [5.41, 5.74) is 0. The Kier molecular flexibility index (Phi) is 4.82. The summed E-state index contributed by atoms with van der Waals surface area (Å²) in [6.45, 7) is 2.40. The van der Waals surface area contributed by atoms with Gasteiger partial charge in [0, 0.05) is 17.5 Å². The van der Waals surface area contributed by atoms with Crippen LogP contribution in [0.4, 0.5) is 0 Å². The Morgan fingerprint density at radius 3 is 2.75 bits per heavy atom. The topological polar surface area (TPSA) is 75.3 Å². The molecule has 20 heavy (non-hydrogen) atoms. The van der Waals surface area contributed by atoms with E-state index in [1.54, 1.807) is 6.07 Å². The summed E-state index contributed by atoms with van der Waals surface area (Å²) >= 11 is 1.42. The van der Waals surface area contributed by atoms with E-state index in [1.807, 2.05) is 13.0 Å². The van der Waals surface area contributed by atoms with Crippen LogP contribution in [-0.2, 0) is 16.4 Å². The fourth-order valence-electron chi connectivity index (χ4n) is 1.99. The largest absolute Gasteiger partial charge is 0.349 e. The Bertz CT molecular complexity index is 576. The monoisotopic (exact) mass is 316 g/mol. The number of hydrogen-bond acceptors (Lipinski definition) is 4. The van der Waals surface area contributed by atoms with Crippen molar-refractivity contribution < 1.29 is 13.2 Å². The molecular weight excluding hydrogens is 296 g/mol. The van der Waals surface area contributed by atoms with Crippen molar-refractivity contribution in [2.24, 2.45) is 5.92 Å². The molecule has 1 aliphatic carbocycles. The minimum Gasteiger partial charge on any atom is -0.349 e. The van der Waals surface area contributed by atoms with E-state index in [1.165, 1.54) is 24.2 Å². The summed E-state index contributed by atoms with van der Waals surface area (Å²) in [6.07, 6.45) is 4.14. The molecule has 1 aromatic rings. The van der Waals surface area contributed by atoms with Crippen molar-refractivity contribution in [1.29, 1.82) is 0 Å². The first kappa shape index (κ1) is 15.5. The molecule has 7 heteroatoms. The van der Waals surface area contributed by atoms with Crippen LogP contribution >= 0.6 is 11.3 Å². The van der Waals surface area contributed by atoms with Crippen LogP contribution in [0.25, 0.3) is 0 Å². The van der Waals surface area contributed by atoms with Gasteiger partial charge in [0.25, 0.3) is 5.91 Å². The summed E-state index contributed by atoms with van der Waals surface area (Å²) in [5, 5.41) is 3.01. The molecule has 1 aliphatic rings. The first-order valence-electron chi connectivity index (χ1n) is 6.69. The average molecular weight is 316 g/mol. The van der Waals surface area contributed by atoms with E-state index in [0.717, 1.165) is 11.1 Å². The highest BCUT2D eigenvalue weighted by Gasteiger charge is 2.29. The van der Waals surface area contributed by atoms with Gasteiger partial charge in [-0.25, -0.2) is 13.1 Å². The smallest absolute Gasteiger partial charge is 0.261 e. The van der Waals surface area contributed by atoms with Gasteiger partial charge in [-0.1, -0.05) is 0 Å². The van der Waals surface area contributed by atoms with E-state index in [0.29, 0.717) is 23.8 Å². The van der Waals surface area contributed by atoms with Crippen molar-refractivity contribution in [1.82, 2.24) is 10.0 Å². The summed E-state index contributed by atoms with van der Waals surface area (Å²) in [6, 6.07) is 3.92. The van der Waals surface area contributed by atoms with Crippen molar-refractivity contribution in [3.8, 4) is 0 Å². The molecule has 0 saturated heterocycles. The minimum absolute atomic E-state index is 0.0308. The van der Waals surface area contributed by atoms with Crippen molar-refractivity contribution in [3.63, 3.8) is 0 Å². The first-order valence-corrected chi connectivity index (χ1v) is 9.40. The average Bonchev–Trinajstić information content (AvgIpc) is 3.08. The normalized spacial score (nSPS) is 16.9. The van der Waals surface area contributed by atoms with Crippen LogP contribution in [0.1, 0.15) is 34.3 Å². The predicted octanol–water partition coefficient (Wildman–Crippen LogP) is 1.37. The number of carbonyl (C=O) groups is 1. The van der Waals surface area contributed by atoms with E-state index >= 15 is 0 Å². The lowest BCUT2D eigenvalue weighted by molar-refractivity contribution is 0.0940. The number of carbonyl (C=O) groups excluding carboxylic acids is 1. The van der Waals surface area contributed by atoms with Crippen LogP contribution < -0.4 is 10.0 Å². The summed E-state index contributed by atoms with van der Waals surface area (Å²) < 4.78 is 24.4. The number of hydrogen-bond donors (Lipinski definition) is 2. The van der Waals surface area contributed by atoms with Crippen molar-refractivity contribution >= 4 is 27.3 Å². The Morgan fingerprint density at radius 2 is 2.15 bits per heavy atom.